The predicted molar refractivity (Wildman–Crippen MR) is 78.6 cm³/mol. The van der Waals surface area contributed by atoms with Gasteiger partial charge < -0.3 is 14.8 Å². The van der Waals surface area contributed by atoms with Gasteiger partial charge in [0.05, 0.1) is 13.2 Å². The molecule has 0 radical (unpaired) electrons. The summed E-state index contributed by atoms with van der Waals surface area (Å²) in [6.45, 7) is 3.37. The number of sulfonamides is 1. The Morgan fingerprint density at radius 3 is 2.29 bits per heavy atom. The first-order valence-corrected chi connectivity index (χ1v) is 8.09. The van der Waals surface area contributed by atoms with Crippen LogP contribution in [0.2, 0.25) is 0 Å². The number of aryl methyl sites for hydroxylation is 1. The number of ether oxygens (including phenoxy) is 2. The van der Waals surface area contributed by atoms with Crippen molar-refractivity contribution in [2.45, 2.75) is 18.5 Å². The number of methoxy groups -OCH3 is 2. The highest BCUT2D eigenvalue weighted by Crippen LogP contribution is 2.20. The summed E-state index contributed by atoms with van der Waals surface area (Å²) >= 11 is 0. The van der Waals surface area contributed by atoms with Crippen LogP contribution >= 0.6 is 0 Å². The van der Waals surface area contributed by atoms with Gasteiger partial charge in [-0.25, -0.2) is 8.42 Å². The maximum Gasteiger partial charge on any atom is 0.262 e. The van der Waals surface area contributed by atoms with Crippen molar-refractivity contribution in [2.24, 2.45) is 0 Å². The molecule has 0 saturated heterocycles. The Balaban J connectivity index is 3.09. The van der Waals surface area contributed by atoms with Crippen LogP contribution in [0.3, 0.4) is 0 Å². The van der Waals surface area contributed by atoms with Gasteiger partial charge >= 0.3 is 0 Å². The van der Waals surface area contributed by atoms with Gasteiger partial charge in [0.15, 0.2) is 5.03 Å². The molecule has 9 heteroatoms. The number of aromatic nitrogens is 2. The van der Waals surface area contributed by atoms with Crippen LogP contribution in [0, 0.1) is 6.92 Å². The fraction of sp³-hybridized carbons (Fsp3) is 0.750. The second kappa shape index (κ2) is 8.44. The fourth-order valence-corrected chi connectivity index (χ4v) is 3.46. The van der Waals surface area contributed by atoms with Crippen molar-refractivity contribution < 1.29 is 17.9 Å². The summed E-state index contributed by atoms with van der Waals surface area (Å²) in [6.07, 6.45) is 0. The van der Waals surface area contributed by atoms with E-state index in [9.17, 15) is 8.42 Å². The van der Waals surface area contributed by atoms with Gasteiger partial charge in [-0.2, -0.15) is 9.40 Å². The Labute approximate surface area is 125 Å². The summed E-state index contributed by atoms with van der Waals surface area (Å²) < 4.78 is 36.8. The van der Waals surface area contributed by atoms with Gasteiger partial charge in [0.25, 0.3) is 10.0 Å². The van der Waals surface area contributed by atoms with Gasteiger partial charge in [-0.1, -0.05) is 0 Å². The minimum absolute atomic E-state index is 0.0570. The van der Waals surface area contributed by atoms with Gasteiger partial charge in [-0.3, -0.25) is 5.10 Å². The van der Waals surface area contributed by atoms with Crippen molar-refractivity contribution in [2.75, 3.05) is 47.6 Å². The number of aromatic amines is 1. The standard InChI is InChI=1S/C12H24N4O4S/c1-10-11(9-13-2)12(15-14-10)21(17,18)16(5-7-19-3)6-8-20-4/h13H,5-9H2,1-4H3,(H,14,15). The zero-order valence-corrected chi connectivity index (χ0v) is 13.8. The SMILES string of the molecule is CNCc1c(S(=O)(=O)N(CCOC)CCOC)n[nH]c1C. The first-order valence-electron chi connectivity index (χ1n) is 6.65. The quantitative estimate of drug-likeness (QED) is 0.615. The highest BCUT2D eigenvalue weighted by Gasteiger charge is 2.30. The average Bonchev–Trinajstić information content (AvgIpc) is 2.81. The number of nitrogens with zero attached hydrogens (tertiary/aromatic N) is 2. The third-order valence-corrected chi connectivity index (χ3v) is 4.93. The van der Waals surface area contributed by atoms with E-state index < -0.39 is 10.0 Å². The van der Waals surface area contributed by atoms with Gasteiger partial charge in [-0.15, -0.1) is 0 Å². The van der Waals surface area contributed by atoms with Crippen molar-refractivity contribution in [1.82, 2.24) is 19.8 Å². The lowest BCUT2D eigenvalue weighted by Crippen LogP contribution is -2.37. The van der Waals surface area contributed by atoms with Crippen LogP contribution in [0.5, 0.6) is 0 Å². The molecule has 1 rings (SSSR count). The molecule has 1 aromatic heterocycles. The molecule has 0 aliphatic rings. The molecule has 0 aromatic carbocycles. The fourth-order valence-electron chi connectivity index (χ4n) is 1.89. The summed E-state index contributed by atoms with van der Waals surface area (Å²) in [5.41, 5.74) is 1.39. The molecule has 122 valence electrons. The van der Waals surface area contributed by atoms with Crippen LogP contribution in [0.15, 0.2) is 5.03 Å². The zero-order valence-electron chi connectivity index (χ0n) is 13.0. The molecule has 8 nitrogen and oxygen atoms in total. The third-order valence-electron chi connectivity index (χ3n) is 3.06. The molecular formula is C12H24N4O4S. The molecule has 0 amide bonds. The molecule has 0 aliphatic carbocycles. The Morgan fingerprint density at radius 2 is 1.81 bits per heavy atom. The van der Waals surface area contributed by atoms with Crippen LogP contribution in [-0.4, -0.2) is 70.5 Å². The Morgan fingerprint density at radius 1 is 1.24 bits per heavy atom. The topological polar surface area (TPSA) is 96.6 Å². The molecule has 0 spiro atoms. The average molecular weight is 320 g/mol. The van der Waals surface area contributed by atoms with E-state index in [0.717, 1.165) is 5.69 Å². The van der Waals surface area contributed by atoms with E-state index in [1.807, 2.05) is 0 Å². The normalized spacial score (nSPS) is 12.2. The number of rotatable bonds is 10. The minimum atomic E-state index is -3.69. The maximum absolute atomic E-state index is 12.8. The Bertz CT molecular complexity index is 521. The molecule has 0 aliphatic heterocycles. The van der Waals surface area contributed by atoms with E-state index >= 15 is 0 Å². The molecule has 1 heterocycles. The minimum Gasteiger partial charge on any atom is -0.383 e. The monoisotopic (exact) mass is 320 g/mol. The second-order valence-corrected chi connectivity index (χ2v) is 6.41. The predicted octanol–water partition coefficient (Wildman–Crippen LogP) is -0.279. The molecule has 0 atom stereocenters. The smallest absolute Gasteiger partial charge is 0.262 e. The summed E-state index contributed by atoms with van der Waals surface area (Å²) in [7, 11) is 1.14. The first-order chi connectivity index (χ1) is 9.98. The summed E-state index contributed by atoms with van der Waals surface area (Å²) in [5.74, 6) is 0. The maximum atomic E-state index is 12.8. The molecule has 2 N–H and O–H groups in total. The molecule has 0 saturated carbocycles. The van der Waals surface area contributed by atoms with E-state index in [-0.39, 0.29) is 18.1 Å². The van der Waals surface area contributed by atoms with Crippen molar-refractivity contribution in [3.63, 3.8) is 0 Å². The molecular weight excluding hydrogens is 296 g/mol. The number of nitrogens with one attached hydrogen (secondary N) is 2. The van der Waals surface area contributed by atoms with E-state index in [2.05, 4.69) is 15.5 Å². The molecule has 0 bridgehead atoms. The van der Waals surface area contributed by atoms with Crippen LogP contribution in [0.25, 0.3) is 0 Å². The van der Waals surface area contributed by atoms with E-state index in [1.165, 1.54) is 18.5 Å². The van der Waals surface area contributed by atoms with Crippen molar-refractivity contribution in [1.29, 1.82) is 0 Å². The largest absolute Gasteiger partial charge is 0.383 e. The van der Waals surface area contributed by atoms with Crippen LogP contribution in [0.4, 0.5) is 0 Å². The lowest BCUT2D eigenvalue weighted by Gasteiger charge is -2.21. The Hall–Kier alpha value is -1.00. The van der Waals surface area contributed by atoms with Crippen molar-refractivity contribution in [3.05, 3.63) is 11.3 Å². The first kappa shape index (κ1) is 18.1. The van der Waals surface area contributed by atoms with Crippen LogP contribution in [0.1, 0.15) is 11.3 Å². The van der Waals surface area contributed by atoms with Gasteiger partial charge in [-0.05, 0) is 14.0 Å². The van der Waals surface area contributed by atoms with Crippen LogP contribution < -0.4 is 5.32 Å². The zero-order chi connectivity index (χ0) is 15.9. The summed E-state index contributed by atoms with van der Waals surface area (Å²) in [5, 5.41) is 9.72. The molecule has 0 fully saturated rings. The molecule has 21 heavy (non-hydrogen) atoms. The van der Waals surface area contributed by atoms with Gasteiger partial charge in [0, 0.05) is 45.1 Å². The third kappa shape index (κ3) is 4.48. The summed E-state index contributed by atoms with van der Waals surface area (Å²) in [4.78, 5) is 0. The van der Waals surface area contributed by atoms with E-state index in [0.29, 0.717) is 25.3 Å². The summed E-state index contributed by atoms with van der Waals surface area (Å²) in [6, 6.07) is 0. The lowest BCUT2D eigenvalue weighted by atomic mass is 10.3. The molecule has 1 aromatic rings. The van der Waals surface area contributed by atoms with Crippen LogP contribution in [-0.2, 0) is 26.0 Å². The highest BCUT2D eigenvalue weighted by molar-refractivity contribution is 7.89. The second-order valence-electron chi connectivity index (χ2n) is 4.55. The van der Waals surface area contributed by atoms with E-state index in [1.54, 1.807) is 14.0 Å². The number of hydrogen-bond donors (Lipinski definition) is 2. The molecule has 0 unspecified atom stereocenters. The van der Waals surface area contributed by atoms with E-state index in [4.69, 9.17) is 9.47 Å². The van der Waals surface area contributed by atoms with Gasteiger partial charge in [0.1, 0.15) is 0 Å². The van der Waals surface area contributed by atoms with Gasteiger partial charge in [0.2, 0.25) is 0 Å². The number of hydrogen-bond acceptors (Lipinski definition) is 6. The van der Waals surface area contributed by atoms with Crippen molar-refractivity contribution in [3.8, 4) is 0 Å². The van der Waals surface area contributed by atoms with Crippen molar-refractivity contribution >= 4 is 10.0 Å². The highest BCUT2D eigenvalue weighted by atomic mass is 32.2. The lowest BCUT2D eigenvalue weighted by molar-refractivity contribution is 0.150. The number of H-pyrrole nitrogens is 1. The Kier molecular flexibility index (Phi) is 7.26.